The Morgan fingerprint density at radius 3 is 2.49 bits per heavy atom. The number of methoxy groups -OCH3 is 1. The summed E-state index contributed by atoms with van der Waals surface area (Å²) in [6.45, 7) is 7.05. The van der Waals surface area contributed by atoms with E-state index in [1.54, 1.807) is 64.3 Å². The molecule has 11 nitrogen and oxygen atoms in total. The summed E-state index contributed by atoms with van der Waals surface area (Å²) < 4.78 is 34.1. The summed E-state index contributed by atoms with van der Waals surface area (Å²) in [4.78, 5) is 41.3. The largest absolute Gasteiger partial charge is 0.509 e. The van der Waals surface area contributed by atoms with E-state index in [-0.39, 0.29) is 18.2 Å². The summed E-state index contributed by atoms with van der Waals surface area (Å²) in [5.74, 6) is -0.503. The fraction of sp³-hybridized carbons (Fsp3) is 0.500. The predicted octanol–water partition coefficient (Wildman–Crippen LogP) is 4.14. The molecular formula is C34H39NO10. The zero-order valence-electron chi connectivity index (χ0n) is 26.3. The van der Waals surface area contributed by atoms with Crippen molar-refractivity contribution >= 4 is 18.1 Å². The van der Waals surface area contributed by atoms with Gasteiger partial charge in [0.05, 0.1) is 18.1 Å². The van der Waals surface area contributed by atoms with Crippen LogP contribution in [0.4, 0.5) is 4.79 Å². The maximum Gasteiger partial charge on any atom is 0.509 e. The fourth-order valence-corrected chi connectivity index (χ4v) is 7.32. The number of nitrogens with zero attached hydrogens (tertiary/aromatic N) is 1. The second-order valence-corrected chi connectivity index (χ2v) is 13.2. The van der Waals surface area contributed by atoms with Crippen LogP contribution < -0.4 is 9.47 Å². The molecule has 4 aliphatic rings. The number of esters is 2. The summed E-state index contributed by atoms with van der Waals surface area (Å²) >= 11 is 0. The van der Waals surface area contributed by atoms with Gasteiger partial charge in [0.25, 0.3) is 0 Å². The molecule has 0 radical (unpaired) electrons. The monoisotopic (exact) mass is 621 g/mol. The number of piperidine rings is 1. The molecule has 1 saturated heterocycles. The molecule has 2 unspecified atom stereocenters. The number of hydrogen-bond donors (Lipinski definition) is 1. The van der Waals surface area contributed by atoms with Crippen LogP contribution in [0.1, 0.15) is 63.3 Å². The third-order valence-corrected chi connectivity index (χ3v) is 9.32. The van der Waals surface area contributed by atoms with Crippen LogP contribution in [0.2, 0.25) is 0 Å². The Kier molecular flexibility index (Phi) is 7.60. The van der Waals surface area contributed by atoms with E-state index in [1.165, 1.54) is 6.92 Å². The Morgan fingerprint density at radius 2 is 1.80 bits per heavy atom. The predicted molar refractivity (Wildman–Crippen MR) is 160 cm³/mol. The van der Waals surface area contributed by atoms with Crippen LogP contribution in [0.5, 0.6) is 11.5 Å². The van der Waals surface area contributed by atoms with Gasteiger partial charge in [-0.05, 0) is 71.8 Å². The third-order valence-electron chi connectivity index (χ3n) is 9.32. The second-order valence-electron chi connectivity index (χ2n) is 13.2. The van der Waals surface area contributed by atoms with Crippen LogP contribution in [0.25, 0.3) is 0 Å². The summed E-state index contributed by atoms with van der Waals surface area (Å²) in [5, 5.41) is 12.4. The quantitative estimate of drug-likeness (QED) is 0.354. The molecule has 6 atom stereocenters. The van der Waals surface area contributed by atoms with E-state index in [4.69, 9.17) is 28.4 Å². The van der Waals surface area contributed by atoms with Crippen molar-refractivity contribution in [2.75, 3.05) is 20.7 Å². The van der Waals surface area contributed by atoms with Gasteiger partial charge in [-0.15, -0.1) is 0 Å². The number of hydrogen-bond acceptors (Lipinski definition) is 11. The lowest BCUT2D eigenvalue weighted by atomic mass is 9.50. The van der Waals surface area contributed by atoms with Crippen molar-refractivity contribution in [1.82, 2.24) is 4.90 Å². The maximum absolute atomic E-state index is 13.9. The number of likely N-dealkylation sites (N-methyl/N-ethyl adjacent to an activating group) is 1. The van der Waals surface area contributed by atoms with E-state index < -0.39 is 53.0 Å². The van der Waals surface area contributed by atoms with Crippen molar-refractivity contribution in [1.29, 1.82) is 0 Å². The van der Waals surface area contributed by atoms with E-state index in [0.717, 1.165) is 11.1 Å². The molecular weight excluding hydrogens is 582 g/mol. The summed E-state index contributed by atoms with van der Waals surface area (Å²) in [5.41, 5.74) is -0.541. The Morgan fingerprint density at radius 1 is 1.07 bits per heavy atom. The Labute approximate surface area is 262 Å². The van der Waals surface area contributed by atoms with Gasteiger partial charge in [0, 0.05) is 23.6 Å². The first kappa shape index (κ1) is 30.9. The highest BCUT2D eigenvalue weighted by atomic mass is 16.7. The van der Waals surface area contributed by atoms with Crippen LogP contribution in [-0.2, 0) is 40.4 Å². The molecule has 1 fully saturated rings. The Bertz CT molecular complexity index is 1550. The number of aliphatic hydroxyl groups is 1. The number of likely N-dealkylation sites (tertiary alicyclic amines) is 1. The summed E-state index contributed by atoms with van der Waals surface area (Å²) in [6.07, 6.45) is -1.54. The van der Waals surface area contributed by atoms with Gasteiger partial charge in [-0.1, -0.05) is 36.4 Å². The average molecular weight is 622 g/mol. The lowest BCUT2D eigenvalue weighted by molar-refractivity contribution is -0.179. The highest BCUT2D eigenvalue weighted by Gasteiger charge is 2.72. The molecule has 1 spiro atoms. The minimum atomic E-state index is -1.48. The number of benzene rings is 2. The molecule has 2 aromatic rings. The van der Waals surface area contributed by atoms with E-state index in [0.29, 0.717) is 36.4 Å². The van der Waals surface area contributed by atoms with Crippen molar-refractivity contribution in [3.8, 4) is 11.5 Å². The minimum absolute atomic E-state index is 0.165. The number of carbonyl (C=O) groups is 3. The van der Waals surface area contributed by atoms with Gasteiger partial charge in [0.2, 0.25) is 6.10 Å². The SMILES string of the molecule is COc1ccc2c3c1O[C@H]1C(OC(=O)C(OC(=O)C(C)OC(=O)OC(C)(C)C)c4ccccc4)=CC[C@@]4(O)[C@@H](C2)N(C)CC[C@]314. The van der Waals surface area contributed by atoms with Crippen LogP contribution in [0.15, 0.2) is 54.3 Å². The van der Waals surface area contributed by atoms with Gasteiger partial charge in [-0.3, -0.25) is 0 Å². The van der Waals surface area contributed by atoms with Gasteiger partial charge in [0.1, 0.15) is 11.4 Å². The molecule has 6 rings (SSSR count). The van der Waals surface area contributed by atoms with Crippen molar-refractivity contribution < 1.29 is 47.9 Å². The molecule has 0 saturated carbocycles. The number of carbonyl (C=O) groups excluding carboxylic acids is 3. The Hall–Kier alpha value is -4.09. The van der Waals surface area contributed by atoms with Gasteiger partial charge >= 0.3 is 18.1 Å². The molecule has 1 N–H and O–H groups in total. The summed E-state index contributed by atoms with van der Waals surface area (Å²) in [6, 6.07) is 12.2. The molecule has 2 bridgehead atoms. The smallest absolute Gasteiger partial charge is 0.493 e. The molecule has 2 aromatic carbocycles. The van der Waals surface area contributed by atoms with Crippen molar-refractivity contribution in [3.05, 3.63) is 71.0 Å². The fourth-order valence-electron chi connectivity index (χ4n) is 7.32. The van der Waals surface area contributed by atoms with Gasteiger partial charge in [-0.2, -0.15) is 0 Å². The third kappa shape index (κ3) is 5.02. The number of rotatable bonds is 7. The number of ether oxygens (including phenoxy) is 6. The highest BCUT2D eigenvalue weighted by Crippen LogP contribution is 2.65. The second kappa shape index (κ2) is 11.1. The molecule has 240 valence electrons. The Balaban J connectivity index is 1.30. The van der Waals surface area contributed by atoms with Crippen molar-refractivity contribution in [3.63, 3.8) is 0 Å². The molecule has 2 heterocycles. The molecule has 11 heteroatoms. The van der Waals surface area contributed by atoms with E-state index in [2.05, 4.69) is 4.90 Å². The summed E-state index contributed by atoms with van der Waals surface area (Å²) in [7, 11) is 3.58. The van der Waals surface area contributed by atoms with Gasteiger partial charge < -0.3 is 38.4 Å². The van der Waals surface area contributed by atoms with E-state index >= 15 is 0 Å². The first-order valence-electron chi connectivity index (χ1n) is 15.2. The van der Waals surface area contributed by atoms with E-state index in [1.807, 2.05) is 19.2 Å². The van der Waals surface area contributed by atoms with Crippen LogP contribution in [0.3, 0.4) is 0 Å². The van der Waals surface area contributed by atoms with Gasteiger partial charge in [-0.25, -0.2) is 14.4 Å². The lowest BCUT2D eigenvalue weighted by Gasteiger charge is -2.61. The standard InChI is InChI=1S/C34H39NO10/c1-19(41-31(38)45-32(2,3)4)29(36)44-26(20-10-8-7-9-11-20)30(37)42-23-14-15-34(39)24-18-21-12-13-22(40-6)27-25(21)33(34,28(23)43-27)16-17-35(24)5/h7-14,19,24,26,28,39H,15-18H2,1-6H3/t19?,24-,26?,28+,33+,34-/m1/s1. The normalized spacial score (nSPS) is 27.6. The van der Waals surface area contributed by atoms with E-state index in [9.17, 15) is 19.5 Å². The lowest BCUT2D eigenvalue weighted by Crippen LogP contribution is -2.74. The molecule has 0 aromatic heterocycles. The molecule has 0 amide bonds. The topological polar surface area (TPSA) is 130 Å². The average Bonchev–Trinajstić information content (AvgIpc) is 3.34. The molecule has 45 heavy (non-hydrogen) atoms. The van der Waals surface area contributed by atoms with Crippen LogP contribution >= 0.6 is 0 Å². The van der Waals surface area contributed by atoms with Gasteiger partial charge in [0.15, 0.2) is 23.7 Å². The minimum Gasteiger partial charge on any atom is -0.493 e. The maximum atomic E-state index is 13.9. The van der Waals surface area contributed by atoms with Crippen molar-refractivity contribution in [2.24, 2.45) is 0 Å². The van der Waals surface area contributed by atoms with Crippen molar-refractivity contribution in [2.45, 2.75) is 87.9 Å². The first-order valence-corrected chi connectivity index (χ1v) is 15.2. The van der Waals surface area contributed by atoms with Crippen LogP contribution in [0, 0.1) is 0 Å². The highest BCUT2D eigenvalue weighted by molar-refractivity contribution is 5.84. The zero-order chi connectivity index (χ0) is 32.3. The molecule has 2 aliphatic heterocycles. The molecule has 2 aliphatic carbocycles. The first-order chi connectivity index (χ1) is 21.3. The zero-order valence-corrected chi connectivity index (χ0v) is 26.3. The van der Waals surface area contributed by atoms with Crippen LogP contribution in [-0.4, -0.2) is 78.3 Å².